The third-order valence-corrected chi connectivity index (χ3v) is 9.21. The molecule has 0 atom stereocenters. The number of amides is 1. The van der Waals surface area contributed by atoms with E-state index < -0.39 is 11.2 Å². The van der Waals surface area contributed by atoms with Crippen LogP contribution in [0.1, 0.15) is 46.3 Å². The standard InChI is InChI=1S/C31H33N7O3S/c1-21-4-2-5-23(33-21)20-38-26-7-3-6-25(29(26)30(35-38)22-8-9-22)34-31(39)27-19-32-28-18-24(10-11-37(27)28)41-15-12-36-13-16-42(40)17-14-36/h2-7,10-11,18-19,22H,8-9,12-17,20H2,1H3,(H,34,39). The van der Waals surface area contributed by atoms with Crippen LogP contribution < -0.4 is 10.1 Å². The van der Waals surface area contributed by atoms with E-state index in [1.165, 1.54) is 0 Å². The summed E-state index contributed by atoms with van der Waals surface area (Å²) in [5.41, 5.74) is 5.78. The number of hydrogen-bond acceptors (Lipinski definition) is 7. The second kappa shape index (κ2) is 11.4. The van der Waals surface area contributed by atoms with E-state index in [2.05, 4.69) is 26.3 Å². The van der Waals surface area contributed by atoms with Crippen molar-refractivity contribution >= 4 is 39.3 Å². The summed E-state index contributed by atoms with van der Waals surface area (Å²) >= 11 is -0.681. The van der Waals surface area contributed by atoms with Gasteiger partial charge in [0.25, 0.3) is 5.91 Å². The molecule has 1 aliphatic heterocycles. The summed E-state index contributed by atoms with van der Waals surface area (Å²) in [7, 11) is 0. The highest BCUT2D eigenvalue weighted by Gasteiger charge is 2.31. The summed E-state index contributed by atoms with van der Waals surface area (Å²) in [6.07, 6.45) is 5.62. The fraction of sp³-hybridized carbons (Fsp3) is 0.355. The number of fused-ring (bicyclic) bond motifs is 2. The summed E-state index contributed by atoms with van der Waals surface area (Å²) in [6.45, 7) is 5.57. The SMILES string of the molecule is Cc1cccc(Cn2nc(C3CC3)c3c(NC(=O)c4cnc5cc(OCCN6CC[S+]([O-])CC6)ccn45)cccc32)n1. The quantitative estimate of drug-likeness (QED) is 0.261. The van der Waals surface area contributed by atoms with Gasteiger partial charge < -0.3 is 14.6 Å². The van der Waals surface area contributed by atoms with Gasteiger partial charge in [0.2, 0.25) is 0 Å². The number of benzene rings is 1. The Morgan fingerprint density at radius 2 is 1.98 bits per heavy atom. The van der Waals surface area contributed by atoms with Gasteiger partial charge in [0.05, 0.1) is 35.3 Å². The van der Waals surface area contributed by atoms with Crippen molar-refractivity contribution in [2.75, 3.05) is 43.1 Å². The number of nitrogens with one attached hydrogen (secondary N) is 1. The summed E-state index contributed by atoms with van der Waals surface area (Å²) < 4.78 is 21.3. The number of rotatable bonds is 9. The molecule has 0 bridgehead atoms. The van der Waals surface area contributed by atoms with Crippen LogP contribution in [0.5, 0.6) is 5.75 Å². The Morgan fingerprint density at radius 3 is 2.79 bits per heavy atom. The molecule has 42 heavy (non-hydrogen) atoms. The highest BCUT2D eigenvalue weighted by atomic mass is 32.2. The van der Waals surface area contributed by atoms with Gasteiger partial charge in [-0.2, -0.15) is 5.10 Å². The Morgan fingerprint density at radius 1 is 1.14 bits per heavy atom. The molecule has 0 unspecified atom stereocenters. The molecule has 1 saturated carbocycles. The summed E-state index contributed by atoms with van der Waals surface area (Å²) in [6, 6.07) is 15.7. The van der Waals surface area contributed by atoms with Crippen LogP contribution in [0.25, 0.3) is 16.6 Å². The minimum atomic E-state index is -0.681. The van der Waals surface area contributed by atoms with Crippen LogP contribution in [-0.4, -0.2) is 77.3 Å². The van der Waals surface area contributed by atoms with Crippen molar-refractivity contribution < 1.29 is 14.1 Å². The fourth-order valence-electron chi connectivity index (χ4n) is 5.56. The number of imidazole rings is 1. The predicted molar refractivity (Wildman–Crippen MR) is 163 cm³/mol. The van der Waals surface area contributed by atoms with Gasteiger partial charge in [-0.05, 0) is 50.1 Å². The molecule has 1 saturated heterocycles. The molecule has 1 N–H and O–H groups in total. The molecule has 216 valence electrons. The Bertz CT molecular complexity index is 1750. The molecule has 2 fully saturated rings. The van der Waals surface area contributed by atoms with Crippen LogP contribution in [0.3, 0.4) is 0 Å². The first-order valence-electron chi connectivity index (χ1n) is 14.4. The second-order valence-electron chi connectivity index (χ2n) is 11.0. The van der Waals surface area contributed by atoms with E-state index >= 15 is 0 Å². The summed E-state index contributed by atoms with van der Waals surface area (Å²) in [5.74, 6) is 2.34. The number of carbonyl (C=O) groups is 1. The molecule has 5 aromatic rings. The van der Waals surface area contributed by atoms with Gasteiger partial charge in [-0.25, -0.2) is 4.98 Å². The van der Waals surface area contributed by atoms with E-state index in [0.29, 0.717) is 36.2 Å². The number of carbonyl (C=O) groups excluding carboxylic acids is 1. The van der Waals surface area contributed by atoms with Crippen molar-refractivity contribution in [2.24, 2.45) is 0 Å². The van der Waals surface area contributed by atoms with Crippen molar-refractivity contribution in [2.45, 2.75) is 32.2 Å². The summed E-state index contributed by atoms with van der Waals surface area (Å²) in [4.78, 5) is 25.0. The van der Waals surface area contributed by atoms with E-state index in [0.717, 1.165) is 77.7 Å². The van der Waals surface area contributed by atoms with Crippen LogP contribution in [0.15, 0.2) is 60.9 Å². The topological polar surface area (TPSA) is 113 Å². The number of nitrogens with zero attached hydrogens (tertiary/aromatic N) is 6. The maximum absolute atomic E-state index is 13.6. The van der Waals surface area contributed by atoms with Crippen molar-refractivity contribution in [1.82, 2.24) is 29.0 Å². The Kier molecular flexibility index (Phi) is 7.31. The highest BCUT2D eigenvalue weighted by molar-refractivity contribution is 7.91. The molecule has 1 aromatic carbocycles. The molecule has 4 aromatic heterocycles. The molecule has 10 nitrogen and oxygen atoms in total. The zero-order chi connectivity index (χ0) is 28.6. The lowest BCUT2D eigenvalue weighted by Gasteiger charge is -2.27. The van der Waals surface area contributed by atoms with Gasteiger partial charge in [0, 0.05) is 48.9 Å². The molecule has 11 heteroatoms. The molecule has 2 aliphatic rings. The Balaban J connectivity index is 1.09. The number of aryl methyl sites for hydroxylation is 1. The Labute approximate surface area is 246 Å². The first-order valence-corrected chi connectivity index (χ1v) is 15.9. The third-order valence-electron chi connectivity index (χ3n) is 7.94. The molecular weight excluding hydrogens is 550 g/mol. The van der Waals surface area contributed by atoms with Crippen LogP contribution >= 0.6 is 0 Å². The van der Waals surface area contributed by atoms with Crippen LogP contribution in [0.2, 0.25) is 0 Å². The lowest BCUT2D eigenvalue weighted by atomic mass is 10.1. The van der Waals surface area contributed by atoms with E-state index in [9.17, 15) is 9.35 Å². The van der Waals surface area contributed by atoms with Crippen molar-refractivity contribution in [1.29, 1.82) is 0 Å². The molecule has 1 amide bonds. The van der Waals surface area contributed by atoms with E-state index in [1.807, 2.05) is 60.3 Å². The minimum Gasteiger partial charge on any atom is -0.616 e. The van der Waals surface area contributed by atoms with Gasteiger partial charge in [-0.15, -0.1) is 0 Å². The molecule has 5 heterocycles. The zero-order valence-corrected chi connectivity index (χ0v) is 24.3. The molecular formula is C31H33N7O3S. The number of aromatic nitrogens is 5. The highest BCUT2D eigenvalue weighted by Crippen LogP contribution is 2.44. The number of ether oxygens (including phenoxy) is 1. The van der Waals surface area contributed by atoms with Gasteiger partial charge in [0.1, 0.15) is 35.2 Å². The van der Waals surface area contributed by atoms with Crippen molar-refractivity contribution in [3.8, 4) is 5.75 Å². The molecule has 0 radical (unpaired) electrons. The van der Waals surface area contributed by atoms with Gasteiger partial charge >= 0.3 is 0 Å². The second-order valence-corrected chi connectivity index (χ2v) is 12.7. The van der Waals surface area contributed by atoms with Crippen LogP contribution in [0, 0.1) is 6.92 Å². The van der Waals surface area contributed by atoms with E-state index in [1.54, 1.807) is 10.6 Å². The molecule has 7 rings (SSSR count). The van der Waals surface area contributed by atoms with E-state index in [4.69, 9.17) is 9.84 Å². The lowest BCUT2D eigenvalue weighted by molar-refractivity contribution is 0.102. The number of anilines is 1. The zero-order valence-electron chi connectivity index (χ0n) is 23.5. The molecule has 1 aliphatic carbocycles. The van der Waals surface area contributed by atoms with Gasteiger partial charge in [-0.3, -0.25) is 23.8 Å². The predicted octanol–water partition coefficient (Wildman–Crippen LogP) is 4.01. The molecule has 0 spiro atoms. The summed E-state index contributed by atoms with van der Waals surface area (Å²) in [5, 5.41) is 9.14. The van der Waals surface area contributed by atoms with E-state index in [-0.39, 0.29) is 5.91 Å². The fourth-order valence-corrected chi connectivity index (χ4v) is 6.69. The maximum atomic E-state index is 13.6. The smallest absolute Gasteiger partial charge is 0.274 e. The van der Waals surface area contributed by atoms with Crippen molar-refractivity contribution in [3.05, 3.63) is 83.7 Å². The van der Waals surface area contributed by atoms with Crippen molar-refractivity contribution in [3.63, 3.8) is 0 Å². The lowest BCUT2D eigenvalue weighted by Crippen LogP contribution is -2.42. The largest absolute Gasteiger partial charge is 0.616 e. The third kappa shape index (κ3) is 5.59. The van der Waals surface area contributed by atoms with Gasteiger partial charge in [0.15, 0.2) is 0 Å². The van der Waals surface area contributed by atoms with Crippen LogP contribution in [-0.2, 0) is 17.7 Å². The van der Waals surface area contributed by atoms with Crippen LogP contribution in [0.4, 0.5) is 5.69 Å². The first-order chi connectivity index (χ1) is 20.5. The monoisotopic (exact) mass is 583 g/mol. The minimum absolute atomic E-state index is 0.235. The maximum Gasteiger partial charge on any atom is 0.274 e. The number of hydrogen-bond donors (Lipinski definition) is 1. The average Bonchev–Trinajstić information content (AvgIpc) is 3.64. The Hall–Kier alpha value is -3.93. The number of pyridine rings is 2. The first kappa shape index (κ1) is 26.9. The normalized spacial score (nSPS) is 16.3. The average molecular weight is 584 g/mol. The van der Waals surface area contributed by atoms with Gasteiger partial charge in [-0.1, -0.05) is 23.3 Å².